The van der Waals surface area contributed by atoms with Gasteiger partial charge >= 0.3 is 0 Å². The molecule has 1 aliphatic carbocycles. The van der Waals surface area contributed by atoms with Crippen molar-refractivity contribution < 1.29 is 0 Å². The lowest BCUT2D eigenvalue weighted by atomic mass is 9.83. The van der Waals surface area contributed by atoms with Crippen LogP contribution in [0.5, 0.6) is 0 Å². The number of likely N-dealkylation sites (N-methyl/N-ethyl adjacent to an activating group) is 1. The van der Waals surface area contributed by atoms with Crippen LogP contribution in [0.2, 0.25) is 0 Å². The van der Waals surface area contributed by atoms with Crippen LogP contribution >= 0.6 is 0 Å². The van der Waals surface area contributed by atoms with Crippen LogP contribution in [0.25, 0.3) is 0 Å². The number of hydrogen-bond acceptors (Lipinski definition) is 4. The van der Waals surface area contributed by atoms with Crippen molar-refractivity contribution in [1.82, 2.24) is 20.1 Å². The number of nitrogens with one attached hydrogen (secondary N) is 1. The molecular formula is C16H31N5. The van der Waals surface area contributed by atoms with Crippen molar-refractivity contribution in [2.24, 2.45) is 5.84 Å². The van der Waals surface area contributed by atoms with Gasteiger partial charge < -0.3 is 0 Å². The SMILES string of the molecule is CCCn1cc(C(NN)C2(N(CC)CC)CCCC2)cn1. The Labute approximate surface area is 128 Å². The van der Waals surface area contributed by atoms with Crippen LogP contribution in [-0.4, -0.2) is 33.3 Å². The van der Waals surface area contributed by atoms with Gasteiger partial charge in [-0.1, -0.05) is 33.6 Å². The van der Waals surface area contributed by atoms with Gasteiger partial charge in [-0.3, -0.25) is 20.9 Å². The molecule has 21 heavy (non-hydrogen) atoms. The fourth-order valence-electron chi connectivity index (χ4n) is 4.07. The third-order valence-electron chi connectivity index (χ3n) is 5.01. The summed E-state index contributed by atoms with van der Waals surface area (Å²) < 4.78 is 2.03. The minimum absolute atomic E-state index is 0.137. The summed E-state index contributed by atoms with van der Waals surface area (Å²) in [5, 5.41) is 4.49. The Morgan fingerprint density at radius 2 is 2.00 bits per heavy atom. The minimum Gasteiger partial charge on any atom is -0.296 e. The molecule has 3 N–H and O–H groups in total. The molecule has 1 saturated carbocycles. The molecule has 5 heteroatoms. The Morgan fingerprint density at radius 3 is 2.52 bits per heavy atom. The second-order valence-corrected chi connectivity index (χ2v) is 6.12. The van der Waals surface area contributed by atoms with Crippen LogP contribution < -0.4 is 11.3 Å². The highest BCUT2D eigenvalue weighted by Crippen LogP contribution is 2.44. The van der Waals surface area contributed by atoms with E-state index in [0.29, 0.717) is 0 Å². The maximum Gasteiger partial charge on any atom is 0.0674 e. The molecule has 0 aliphatic heterocycles. The number of rotatable bonds is 8. The molecule has 0 amide bonds. The summed E-state index contributed by atoms with van der Waals surface area (Å²) in [5.74, 6) is 5.99. The number of nitrogens with zero attached hydrogens (tertiary/aromatic N) is 3. The highest BCUT2D eigenvalue weighted by Gasteiger charge is 2.45. The van der Waals surface area contributed by atoms with Crippen molar-refractivity contribution in [3.63, 3.8) is 0 Å². The molecule has 1 aromatic rings. The predicted molar refractivity (Wildman–Crippen MR) is 86.7 cm³/mol. The van der Waals surface area contributed by atoms with Gasteiger partial charge in [-0.25, -0.2) is 0 Å². The fraction of sp³-hybridized carbons (Fsp3) is 0.812. The van der Waals surface area contributed by atoms with Crippen LogP contribution in [0.3, 0.4) is 0 Å². The molecule has 1 aliphatic rings. The van der Waals surface area contributed by atoms with E-state index in [1.54, 1.807) is 0 Å². The van der Waals surface area contributed by atoms with Crippen LogP contribution in [0, 0.1) is 0 Å². The molecule has 1 heterocycles. The summed E-state index contributed by atoms with van der Waals surface area (Å²) in [6.07, 6.45) is 10.3. The van der Waals surface area contributed by atoms with E-state index in [1.807, 2.05) is 10.9 Å². The van der Waals surface area contributed by atoms with Gasteiger partial charge in [-0.05, 0) is 32.4 Å². The summed E-state index contributed by atoms with van der Waals surface area (Å²) in [4.78, 5) is 2.59. The van der Waals surface area contributed by atoms with E-state index < -0.39 is 0 Å². The van der Waals surface area contributed by atoms with Crippen LogP contribution in [0.1, 0.15) is 64.5 Å². The van der Waals surface area contributed by atoms with Gasteiger partial charge in [0.2, 0.25) is 0 Å². The highest BCUT2D eigenvalue weighted by molar-refractivity contribution is 5.19. The quantitative estimate of drug-likeness (QED) is 0.571. The van der Waals surface area contributed by atoms with E-state index in [4.69, 9.17) is 5.84 Å². The minimum atomic E-state index is 0.137. The standard InChI is InChI=1S/C16H31N5/c1-4-11-21-13-14(12-18-21)15(19-17)16(9-7-8-10-16)20(5-2)6-3/h12-13,15,19H,4-11,17H2,1-3H3. The number of nitrogens with two attached hydrogens (primary N) is 1. The second-order valence-electron chi connectivity index (χ2n) is 6.12. The third-order valence-corrected chi connectivity index (χ3v) is 5.01. The van der Waals surface area contributed by atoms with Crippen LogP contribution in [0.15, 0.2) is 12.4 Å². The van der Waals surface area contributed by atoms with Crippen molar-refractivity contribution >= 4 is 0 Å². The van der Waals surface area contributed by atoms with Gasteiger partial charge in [-0.15, -0.1) is 0 Å². The lowest BCUT2D eigenvalue weighted by Gasteiger charge is -2.45. The molecule has 0 aromatic carbocycles. The second kappa shape index (κ2) is 7.38. The summed E-state index contributed by atoms with van der Waals surface area (Å²) >= 11 is 0. The lowest BCUT2D eigenvalue weighted by Crippen LogP contribution is -2.56. The smallest absolute Gasteiger partial charge is 0.0674 e. The Balaban J connectivity index is 2.30. The zero-order chi connectivity index (χ0) is 15.3. The molecule has 5 nitrogen and oxygen atoms in total. The lowest BCUT2D eigenvalue weighted by molar-refractivity contribution is 0.0626. The Bertz CT molecular complexity index is 418. The van der Waals surface area contributed by atoms with Crippen molar-refractivity contribution in [2.45, 2.75) is 71.0 Å². The van der Waals surface area contributed by atoms with E-state index in [2.05, 4.69) is 42.4 Å². The average Bonchev–Trinajstić information content (AvgIpc) is 3.13. The Hall–Kier alpha value is -0.910. The molecule has 1 atom stereocenters. The molecule has 0 bridgehead atoms. The fourth-order valence-corrected chi connectivity index (χ4v) is 4.07. The zero-order valence-corrected chi connectivity index (χ0v) is 13.8. The molecule has 1 aromatic heterocycles. The molecule has 0 radical (unpaired) electrons. The van der Waals surface area contributed by atoms with Gasteiger partial charge in [0.25, 0.3) is 0 Å². The van der Waals surface area contributed by atoms with Gasteiger partial charge in [0.05, 0.1) is 12.2 Å². The summed E-state index contributed by atoms with van der Waals surface area (Å²) in [6, 6.07) is 0.158. The molecule has 0 saturated heterocycles. The predicted octanol–water partition coefficient (Wildman–Crippen LogP) is 2.45. The van der Waals surface area contributed by atoms with E-state index in [1.165, 1.54) is 31.2 Å². The third kappa shape index (κ3) is 3.15. The van der Waals surface area contributed by atoms with E-state index in [9.17, 15) is 0 Å². The molecule has 1 unspecified atom stereocenters. The topological polar surface area (TPSA) is 59.1 Å². The maximum absolute atomic E-state index is 5.99. The van der Waals surface area contributed by atoms with Gasteiger partial charge in [-0.2, -0.15) is 5.10 Å². The van der Waals surface area contributed by atoms with Gasteiger partial charge in [0.15, 0.2) is 0 Å². The highest BCUT2D eigenvalue weighted by atomic mass is 15.3. The van der Waals surface area contributed by atoms with E-state index in [-0.39, 0.29) is 11.6 Å². The Kier molecular flexibility index (Phi) is 5.79. The first-order valence-corrected chi connectivity index (χ1v) is 8.45. The monoisotopic (exact) mass is 293 g/mol. The first-order chi connectivity index (χ1) is 10.2. The number of hydrogen-bond donors (Lipinski definition) is 2. The molecule has 0 spiro atoms. The Morgan fingerprint density at radius 1 is 1.33 bits per heavy atom. The van der Waals surface area contributed by atoms with Gasteiger partial charge in [0, 0.05) is 23.8 Å². The molecule has 120 valence electrons. The van der Waals surface area contributed by atoms with Crippen LogP contribution in [0.4, 0.5) is 0 Å². The van der Waals surface area contributed by atoms with E-state index >= 15 is 0 Å². The summed E-state index contributed by atoms with van der Waals surface area (Å²) in [5.41, 5.74) is 4.47. The molecular weight excluding hydrogens is 262 g/mol. The van der Waals surface area contributed by atoms with Crippen molar-refractivity contribution in [1.29, 1.82) is 0 Å². The first kappa shape index (κ1) is 16.5. The number of hydrazine groups is 1. The average molecular weight is 293 g/mol. The number of aromatic nitrogens is 2. The number of aryl methyl sites for hydroxylation is 1. The summed E-state index contributed by atoms with van der Waals surface area (Å²) in [7, 11) is 0. The normalized spacial score (nSPS) is 19.3. The molecule has 2 rings (SSSR count). The first-order valence-electron chi connectivity index (χ1n) is 8.45. The van der Waals surface area contributed by atoms with Crippen molar-refractivity contribution in [2.75, 3.05) is 13.1 Å². The van der Waals surface area contributed by atoms with E-state index in [0.717, 1.165) is 26.1 Å². The molecule has 1 fully saturated rings. The van der Waals surface area contributed by atoms with Gasteiger partial charge in [0.1, 0.15) is 0 Å². The largest absolute Gasteiger partial charge is 0.296 e. The summed E-state index contributed by atoms with van der Waals surface area (Å²) in [6.45, 7) is 9.77. The van der Waals surface area contributed by atoms with Crippen molar-refractivity contribution in [3.05, 3.63) is 18.0 Å². The van der Waals surface area contributed by atoms with Crippen LogP contribution in [-0.2, 0) is 6.54 Å². The maximum atomic E-state index is 5.99. The zero-order valence-electron chi connectivity index (χ0n) is 13.8. The van der Waals surface area contributed by atoms with Crippen molar-refractivity contribution in [3.8, 4) is 0 Å².